The van der Waals surface area contributed by atoms with E-state index in [0.717, 1.165) is 37.5 Å². The van der Waals surface area contributed by atoms with Crippen LogP contribution in [0.2, 0.25) is 0 Å². The minimum atomic E-state index is -0.513. The SMILES string of the molecule is CC(C)N1Cc2c(n(CC(=O)Nc3ccc(F)cn3)c3cc(C4=CCCCC4)nn3c2=O)C1=O. The lowest BCUT2D eigenvalue weighted by atomic mass is 9.97. The molecule has 3 aromatic rings. The Morgan fingerprint density at radius 2 is 2.06 bits per heavy atom. The standard InChI is InChI=1S/C24H25FN6O3/c1-14(2)29-12-17-22(24(29)34)30(13-20(32)27-19-9-8-16(25)11-26-19)21-10-18(28-31(21)23(17)33)15-6-4-3-5-7-15/h6,8-11,14H,3-5,7,12-13H2,1-2H3,(H,26,27,32). The van der Waals surface area contributed by atoms with Gasteiger partial charge in [0.15, 0.2) is 0 Å². The summed E-state index contributed by atoms with van der Waals surface area (Å²) in [7, 11) is 0. The Balaban J connectivity index is 1.61. The third-order valence-electron chi connectivity index (χ3n) is 6.31. The van der Waals surface area contributed by atoms with Crippen LogP contribution in [0.4, 0.5) is 10.2 Å². The fourth-order valence-corrected chi connectivity index (χ4v) is 4.57. The molecule has 0 unspecified atom stereocenters. The molecular formula is C24H25FN6O3. The molecule has 1 aliphatic carbocycles. The predicted molar refractivity (Wildman–Crippen MR) is 124 cm³/mol. The monoisotopic (exact) mass is 464 g/mol. The molecular weight excluding hydrogens is 439 g/mol. The van der Waals surface area contributed by atoms with Gasteiger partial charge in [0, 0.05) is 12.1 Å². The van der Waals surface area contributed by atoms with Gasteiger partial charge in [-0.15, -0.1) is 0 Å². The van der Waals surface area contributed by atoms with Crippen molar-refractivity contribution >= 4 is 28.9 Å². The van der Waals surface area contributed by atoms with Crippen molar-refractivity contribution in [3.05, 3.63) is 63.6 Å². The molecule has 4 heterocycles. The average Bonchev–Trinajstić information content (AvgIpc) is 3.42. The van der Waals surface area contributed by atoms with Gasteiger partial charge in [0.1, 0.15) is 29.5 Å². The summed E-state index contributed by atoms with van der Waals surface area (Å²) in [6.45, 7) is 3.70. The summed E-state index contributed by atoms with van der Waals surface area (Å²) in [6.07, 6.45) is 7.14. The number of aromatic nitrogens is 4. The molecule has 0 radical (unpaired) electrons. The molecule has 34 heavy (non-hydrogen) atoms. The van der Waals surface area contributed by atoms with Crippen LogP contribution >= 0.6 is 0 Å². The Hall–Kier alpha value is -3.82. The van der Waals surface area contributed by atoms with Crippen LogP contribution in [0.25, 0.3) is 11.2 Å². The molecule has 10 heteroatoms. The number of allylic oxidation sites excluding steroid dienone is 2. The number of hydrogen-bond donors (Lipinski definition) is 1. The zero-order valence-corrected chi connectivity index (χ0v) is 19.0. The van der Waals surface area contributed by atoms with Crippen molar-refractivity contribution in [3.63, 3.8) is 0 Å². The maximum atomic E-state index is 13.3. The number of carbonyl (C=O) groups is 2. The first-order valence-corrected chi connectivity index (χ1v) is 11.4. The van der Waals surface area contributed by atoms with Crippen molar-refractivity contribution in [1.29, 1.82) is 0 Å². The number of nitrogens with one attached hydrogen (secondary N) is 1. The van der Waals surface area contributed by atoms with Gasteiger partial charge in [-0.05, 0) is 57.2 Å². The zero-order chi connectivity index (χ0) is 24.0. The summed E-state index contributed by atoms with van der Waals surface area (Å²) >= 11 is 0. The minimum Gasteiger partial charge on any atom is -0.330 e. The lowest BCUT2D eigenvalue weighted by Crippen LogP contribution is -2.32. The van der Waals surface area contributed by atoms with Crippen LogP contribution in [0.1, 0.15) is 61.3 Å². The Kier molecular flexibility index (Phi) is 5.51. The van der Waals surface area contributed by atoms with Crippen molar-refractivity contribution in [1.82, 2.24) is 24.1 Å². The summed E-state index contributed by atoms with van der Waals surface area (Å²) in [5.74, 6) is -1.07. The fraction of sp³-hybridized carbons (Fsp3) is 0.375. The smallest absolute Gasteiger partial charge is 0.280 e. The quantitative estimate of drug-likeness (QED) is 0.626. The number of hydrogen-bond acceptors (Lipinski definition) is 5. The van der Waals surface area contributed by atoms with Crippen LogP contribution in [0.5, 0.6) is 0 Å². The minimum absolute atomic E-state index is 0.111. The highest BCUT2D eigenvalue weighted by Crippen LogP contribution is 2.29. The van der Waals surface area contributed by atoms with Crippen molar-refractivity contribution < 1.29 is 14.0 Å². The van der Waals surface area contributed by atoms with Crippen molar-refractivity contribution in [3.8, 4) is 0 Å². The van der Waals surface area contributed by atoms with Crippen molar-refractivity contribution in [2.45, 2.75) is 58.7 Å². The summed E-state index contributed by atoms with van der Waals surface area (Å²) in [6, 6.07) is 4.22. The molecule has 1 aliphatic heterocycles. The first-order valence-electron chi connectivity index (χ1n) is 11.4. The second kappa shape index (κ2) is 8.51. The number of amides is 2. The summed E-state index contributed by atoms with van der Waals surface area (Å²) in [5, 5.41) is 7.19. The molecule has 0 saturated heterocycles. The van der Waals surface area contributed by atoms with Crippen LogP contribution < -0.4 is 10.9 Å². The van der Waals surface area contributed by atoms with Gasteiger partial charge in [0.25, 0.3) is 11.5 Å². The number of halogens is 1. The molecule has 0 bridgehead atoms. The third kappa shape index (κ3) is 3.78. The number of rotatable bonds is 5. The number of nitrogens with zero attached hydrogens (tertiary/aromatic N) is 5. The van der Waals surface area contributed by atoms with Gasteiger partial charge >= 0.3 is 0 Å². The second-order valence-electron chi connectivity index (χ2n) is 8.93. The van der Waals surface area contributed by atoms with Gasteiger partial charge in [-0.25, -0.2) is 9.37 Å². The van der Waals surface area contributed by atoms with Crippen molar-refractivity contribution in [2.75, 3.05) is 5.32 Å². The molecule has 0 aromatic carbocycles. The van der Waals surface area contributed by atoms with Gasteiger partial charge in [0.2, 0.25) is 5.91 Å². The molecule has 9 nitrogen and oxygen atoms in total. The first kappa shape index (κ1) is 22.0. The van der Waals surface area contributed by atoms with E-state index in [9.17, 15) is 18.8 Å². The largest absolute Gasteiger partial charge is 0.330 e. The molecule has 5 rings (SSSR count). The van der Waals surface area contributed by atoms with Crippen LogP contribution in [0.3, 0.4) is 0 Å². The molecule has 2 aliphatic rings. The topological polar surface area (TPSA) is 102 Å². The van der Waals surface area contributed by atoms with Crippen LogP contribution in [0, 0.1) is 5.82 Å². The number of fused-ring (bicyclic) bond motifs is 2. The first-order chi connectivity index (χ1) is 16.3. The van der Waals surface area contributed by atoms with E-state index in [2.05, 4.69) is 21.5 Å². The fourth-order valence-electron chi connectivity index (χ4n) is 4.57. The summed E-state index contributed by atoms with van der Waals surface area (Å²) in [5.41, 5.74) is 2.32. The predicted octanol–water partition coefficient (Wildman–Crippen LogP) is 2.99. The summed E-state index contributed by atoms with van der Waals surface area (Å²) in [4.78, 5) is 45.0. The normalized spacial score (nSPS) is 15.7. The van der Waals surface area contributed by atoms with Gasteiger partial charge in [-0.2, -0.15) is 9.61 Å². The van der Waals surface area contributed by atoms with Crippen LogP contribution in [-0.2, 0) is 17.9 Å². The van der Waals surface area contributed by atoms with E-state index < -0.39 is 11.7 Å². The van der Waals surface area contributed by atoms with Crippen molar-refractivity contribution in [2.24, 2.45) is 0 Å². The number of carbonyl (C=O) groups excluding carboxylic acids is 2. The second-order valence-corrected chi connectivity index (χ2v) is 8.93. The van der Waals surface area contributed by atoms with Gasteiger partial charge in [-0.1, -0.05) is 6.08 Å². The molecule has 0 saturated carbocycles. The molecule has 3 aromatic heterocycles. The van der Waals surface area contributed by atoms with E-state index in [0.29, 0.717) is 16.9 Å². The molecule has 0 spiro atoms. The van der Waals surface area contributed by atoms with E-state index >= 15 is 0 Å². The number of anilines is 1. The average molecular weight is 465 g/mol. The molecule has 176 valence electrons. The Labute approximate surface area is 194 Å². The van der Waals surface area contributed by atoms with Gasteiger partial charge in [-0.3, -0.25) is 14.4 Å². The van der Waals surface area contributed by atoms with Crippen LogP contribution in [-0.4, -0.2) is 41.9 Å². The lowest BCUT2D eigenvalue weighted by Gasteiger charge is -2.20. The highest BCUT2D eigenvalue weighted by atomic mass is 19.1. The highest BCUT2D eigenvalue weighted by molar-refractivity contribution is 5.98. The zero-order valence-electron chi connectivity index (χ0n) is 19.0. The Morgan fingerprint density at radius 3 is 2.74 bits per heavy atom. The van der Waals surface area contributed by atoms with Gasteiger partial charge in [0.05, 0.1) is 24.0 Å². The summed E-state index contributed by atoms with van der Waals surface area (Å²) < 4.78 is 16.0. The molecule has 0 fully saturated rings. The van der Waals surface area contributed by atoms with E-state index in [4.69, 9.17) is 0 Å². The maximum Gasteiger partial charge on any atom is 0.280 e. The maximum absolute atomic E-state index is 13.3. The molecule has 2 amide bonds. The highest BCUT2D eigenvalue weighted by Gasteiger charge is 2.36. The van der Waals surface area contributed by atoms with E-state index in [1.165, 1.54) is 16.6 Å². The lowest BCUT2D eigenvalue weighted by molar-refractivity contribution is -0.116. The van der Waals surface area contributed by atoms with Gasteiger partial charge < -0.3 is 14.8 Å². The van der Waals surface area contributed by atoms with E-state index in [1.807, 2.05) is 13.8 Å². The third-order valence-corrected chi connectivity index (χ3v) is 6.31. The Bertz CT molecular complexity index is 1390. The number of pyridine rings is 1. The molecule has 1 N–H and O–H groups in total. The van der Waals surface area contributed by atoms with E-state index in [1.54, 1.807) is 15.5 Å². The van der Waals surface area contributed by atoms with Crippen LogP contribution in [0.15, 0.2) is 35.3 Å². The molecule has 0 atom stereocenters. The Morgan fingerprint density at radius 1 is 1.24 bits per heavy atom. The van der Waals surface area contributed by atoms with E-state index in [-0.39, 0.29) is 42.1 Å².